The molecule has 0 aromatic rings. The van der Waals surface area contributed by atoms with Gasteiger partial charge in [0.1, 0.15) is 11.5 Å². The van der Waals surface area contributed by atoms with Gasteiger partial charge in [-0.05, 0) is 24.3 Å². The van der Waals surface area contributed by atoms with Crippen molar-refractivity contribution in [3.8, 4) is 0 Å². The predicted molar refractivity (Wildman–Crippen MR) is 46.2 cm³/mol. The summed E-state index contributed by atoms with van der Waals surface area (Å²) in [6.07, 6.45) is 5.97. The highest BCUT2D eigenvalue weighted by molar-refractivity contribution is 5.21. The second-order valence-corrected chi connectivity index (χ2v) is 1.77. The van der Waals surface area contributed by atoms with Gasteiger partial charge in [0.25, 0.3) is 0 Å². The fourth-order valence-corrected chi connectivity index (χ4v) is 0.455. The highest BCUT2D eigenvalue weighted by Gasteiger charge is 1.84. The van der Waals surface area contributed by atoms with Crippen LogP contribution in [0.1, 0.15) is 0 Å². The smallest absolute Gasteiger partial charge is 0.118 e. The Labute approximate surface area is 66.8 Å². The Hall–Kier alpha value is -1.44. The van der Waals surface area contributed by atoms with Crippen molar-refractivity contribution in [3.05, 3.63) is 49.0 Å². The van der Waals surface area contributed by atoms with E-state index in [-0.39, 0.29) is 5.76 Å². The molecule has 1 N–H and O–H groups in total. The molecular formula is C9H12O2. The highest BCUT2D eigenvalue weighted by atomic mass is 16.5. The fourth-order valence-electron chi connectivity index (χ4n) is 0.455. The Morgan fingerprint density at radius 3 is 2.27 bits per heavy atom. The first kappa shape index (κ1) is 9.56. The molecule has 0 aliphatic heterocycles. The zero-order chi connectivity index (χ0) is 8.69. The van der Waals surface area contributed by atoms with Crippen LogP contribution in [0.3, 0.4) is 0 Å². The van der Waals surface area contributed by atoms with Crippen LogP contribution in [0.5, 0.6) is 0 Å². The largest absolute Gasteiger partial charge is 0.508 e. The molecule has 0 aromatic heterocycles. The zero-order valence-electron chi connectivity index (χ0n) is 6.58. The number of aliphatic hydroxyl groups excluding tert-OH is 1. The average Bonchev–Trinajstić information content (AvgIpc) is 2.06. The third-order valence-electron chi connectivity index (χ3n) is 1.06. The number of aliphatic hydroxyl groups is 1. The minimum absolute atomic E-state index is 0.0985. The van der Waals surface area contributed by atoms with Crippen molar-refractivity contribution < 1.29 is 9.84 Å². The van der Waals surface area contributed by atoms with Crippen molar-refractivity contribution in [1.29, 1.82) is 0 Å². The van der Waals surface area contributed by atoms with Crippen molar-refractivity contribution in [1.82, 2.24) is 0 Å². The van der Waals surface area contributed by atoms with Gasteiger partial charge in [-0.25, -0.2) is 0 Å². The number of methoxy groups -OCH3 is 1. The van der Waals surface area contributed by atoms with Crippen LogP contribution >= 0.6 is 0 Å². The normalized spacial score (nSPS) is 12.5. The summed E-state index contributed by atoms with van der Waals surface area (Å²) < 4.78 is 4.85. The standard InChI is InChI=1S/C9H12O2/c1-4-8(10)6-7-9(5-2)11-3/h4-7,10H,1-2H2,3H3/b8-6+,9-7+. The Kier molecular flexibility index (Phi) is 4.65. The average molecular weight is 152 g/mol. The van der Waals surface area contributed by atoms with Gasteiger partial charge in [-0.3, -0.25) is 0 Å². The molecule has 0 bridgehead atoms. The molecule has 0 atom stereocenters. The van der Waals surface area contributed by atoms with E-state index in [1.54, 1.807) is 12.2 Å². The van der Waals surface area contributed by atoms with Gasteiger partial charge in [0.15, 0.2) is 0 Å². The van der Waals surface area contributed by atoms with Gasteiger partial charge in [0.05, 0.1) is 7.11 Å². The maximum absolute atomic E-state index is 8.91. The summed E-state index contributed by atoms with van der Waals surface area (Å²) >= 11 is 0. The molecule has 0 aliphatic rings. The number of ether oxygens (including phenoxy) is 1. The molecule has 0 aliphatic carbocycles. The summed E-state index contributed by atoms with van der Waals surface area (Å²) in [4.78, 5) is 0. The molecular weight excluding hydrogens is 140 g/mol. The van der Waals surface area contributed by atoms with Gasteiger partial charge in [-0.1, -0.05) is 13.2 Å². The van der Waals surface area contributed by atoms with Crippen molar-refractivity contribution >= 4 is 0 Å². The van der Waals surface area contributed by atoms with E-state index in [2.05, 4.69) is 13.2 Å². The molecule has 0 saturated heterocycles. The number of allylic oxidation sites excluding steroid dienone is 4. The van der Waals surface area contributed by atoms with Gasteiger partial charge in [-0.15, -0.1) is 0 Å². The van der Waals surface area contributed by atoms with Crippen molar-refractivity contribution in [2.45, 2.75) is 0 Å². The van der Waals surface area contributed by atoms with Gasteiger partial charge >= 0.3 is 0 Å². The Balaban J connectivity index is 4.28. The van der Waals surface area contributed by atoms with E-state index < -0.39 is 0 Å². The highest BCUT2D eigenvalue weighted by Crippen LogP contribution is 1.98. The van der Waals surface area contributed by atoms with Crippen LogP contribution in [0, 0.1) is 0 Å². The summed E-state index contributed by atoms with van der Waals surface area (Å²) in [5.41, 5.74) is 0. The summed E-state index contributed by atoms with van der Waals surface area (Å²) in [5, 5.41) is 8.91. The Bertz CT molecular complexity index is 200. The second kappa shape index (κ2) is 5.35. The lowest BCUT2D eigenvalue weighted by molar-refractivity contribution is 0.307. The summed E-state index contributed by atoms with van der Waals surface area (Å²) in [5.74, 6) is 0.694. The molecule has 2 nitrogen and oxygen atoms in total. The van der Waals surface area contributed by atoms with E-state index in [9.17, 15) is 0 Å². The van der Waals surface area contributed by atoms with E-state index in [0.717, 1.165) is 0 Å². The molecule has 0 heterocycles. The molecule has 0 aromatic carbocycles. The quantitative estimate of drug-likeness (QED) is 0.495. The van der Waals surface area contributed by atoms with Crippen molar-refractivity contribution in [3.63, 3.8) is 0 Å². The van der Waals surface area contributed by atoms with E-state index in [4.69, 9.17) is 9.84 Å². The molecule has 60 valence electrons. The summed E-state index contributed by atoms with van der Waals surface area (Å²) in [7, 11) is 1.53. The number of hydrogen-bond acceptors (Lipinski definition) is 2. The van der Waals surface area contributed by atoms with Crippen LogP contribution in [0.4, 0.5) is 0 Å². The first-order valence-corrected chi connectivity index (χ1v) is 3.14. The lowest BCUT2D eigenvalue weighted by Gasteiger charge is -1.95. The SMILES string of the molecule is C=C/C(O)=C\C=C(/C=C)OC. The number of hydrogen-bond donors (Lipinski definition) is 1. The third kappa shape index (κ3) is 4.03. The van der Waals surface area contributed by atoms with Crippen molar-refractivity contribution in [2.24, 2.45) is 0 Å². The van der Waals surface area contributed by atoms with E-state index in [1.165, 1.54) is 19.3 Å². The van der Waals surface area contributed by atoms with E-state index in [1.807, 2.05) is 0 Å². The molecule has 0 radical (unpaired) electrons. The molecule has 0 rings (SSSR count). The molecule has 0 amide bonds. The minimum Gasteiger partial charge on any atom is -0.508 e. The Morgan fingerprint density at radius 1 is 1.27 bits per heavy atom. The molecule has 11 heavy (non-hydrogen) atoms. The van der Waals surface area contributed by atoms with Gasteiger partial charge in [0.2, 0.25) is 0 Å². The molecule has 0 saturated carbocycles. The van der Waals surface area contributed by atoms with Crippen LogP contribution in [-0.2, 0) is 4.74 Å². The first-order chi connectivity index (χ1) is 5.24. The van der Waals surface area contributed by atoms with Crippen LogP contribution in [0.25, 0.3) is 0 Å². The minimum atomic E-state index is 0.0985. The van der Waals surface area contributed by atoms with E-state index in [0.29, 0.717) is 5.76 Å². The molecule has 0 fully saturated rings. The van der Waals surface area contributed by atoms with Crippen LogP contribution in [0.15, 0.2) is 49.0 Å². The van der Waals surface area contributed by atoms with Crippen LogP contribution in [0.2, 0.25) is 0 Å². The molecule has 0 spiro atoms. The number of rotatable bonds is 4. The second-order valence-electron chi connectivity index (χ2n) is 1.77. The lowest BCUT2D eigenvalue weighted by Crippen LogP contribution is -1.79. The first-order valence-electron chi connectivity index (χ1n) is 3.14. The maximum Gasteiger partial charge on any atom is 0.118 e. The Morgan fingerprint density at radius 2 is 1.91 bits per heavy atom. The third-order valence-corrected chi connectivity index (χ3v) is 1.06. The monoisotopic (exact) mass is 152 g/mol. The zero-order valence-corrected chi connectivity index (χ0v) is 6.58. The van der Waals surface area contributed by atoms with Crippen LogP contribution in [-0.4, -0.2) is 12.2 Å². The van der Waals surface area contributed by atoms with Crippen molar-refractivity contribution in [2.75, 3.05) is 7.11 Å². The van der Waals surface area contributed by atoms with Gasteiger partial charge in [0, 0.05) is 0 Å². The predicted octanol–water partition coefficient (Wildman–Crippen LogP) is 2.33. The summed E-state index contributed by atoms with van der Waals surface area (Å²) in [6, 6.07) is 0. The topological polar surface area (TPSA) is 29.5 Å². The maximum atomic E-state index is 8.91. The van der Waals surface area contributed by atoms with Crippen LogP contribution < -0.4 is 0 Å². The van der Waals surface area contributed by atoms with Gasteiger partial charge < -0.3 is 9.84 Å². The van der Waals surface area contributed by atoms with Gasteiger partial charge in [-0.2, -0.15) is 0 Å². The lowest BCUT2D eigenvalue weighted by atomic mass is 10.3. The summed E-state index contributed by atoms with van der Waals surface area (Å²) in [6.45, 7) is 6.88. The van der Waals surface area contributed by atoms with E-state index >= 15 is 0 Å². The fraction of sp³-hybridized carbons (Fsp3) is 0.111. The molecule has 2 heteroatoms. The molecule has 0 unspecified atom stereocenters.